The van der Waals surface area contributed by atoms with Crippen molar-refractivity contribution >= 4 is 8.69 Å². The molecule has 0 aromatic carbocycles. The van der Waals surface area contributed by atoms with Crippen molar-refractivity contribution in [2.75, 3.05) is 21.1 Å². The molecule has 0 aliphatic rings. The lowest BCUT2D eigenvalue weighted by atomic mass is 11.0. The van der Waals surface area contributed by atoms with Gasteiger partial charge in [-0.05, 0) is 25.7 Å². The first kappa shape index (κ1) is 10.1. The molecule has 1 N–H and O–H groups in total. The van der Waals surface area contributed by atoms with Crippen molar-refractivity contribution in [2.45, 2.75) is 0 Å². The standard InChI is InChI=1S/C3H9N.HO2P/c1-4(2)3;1-3-2/h1-3H3;3H/p+1. The first-order valence-electron chi connectivity index (χ1n) is 1.77. The molecule has 0 spiro atoms. The zero-order valence-corrected chi connectivity index (χ0v) is 5.80. The van der Waals surface area contributed by atoms with Crippen molar-refractivity contribution in [3.05, 3.63) is 0 Å². The molecule has 0 radical (unpaired) electrons. The Bertz CT molecular complexity index is 37.2. The molecule has 4 heteroatoms. The summed E-state index contributed by atoms with van der Waals surface area (Å²) in [6, 6.07) is 0. The summed E-state index contributed by atoms with van der Waals surface area (Å²) in [5, 5.41) is 0. The summed E-state index contributed by atoms with van der Waals surface area (Å²) in [5.74, 6) is 0. The van der Waals surface area contributed by atoms with Gasteiger partial charge in [-0.1, -0.05) is 0 Å². The minimum Gasteiger partial charge on any atom is -0.312 e. The molecule has 0 fully saturated rings. The summed E-state index contributed by atoms with van der Waals surface area (Å²) in [6.45, 7) is 0. The quantitative estimate of drug-likeness (QED) is 0.465. The molecule has 44 valence electrons. The molecular formula is C3H11NO2P+. The van der Waals surface area contributed by atoms with Crippen molar-refractivity contribution in [1.82, 2.24) is 4.90 Å². The molecule has 7 heavy (non-hydrogen) atoms. The average Bonchev–Trinajstić information content (AvgIpc) is 1.33. The second-order valence-electron chi connectivity index (χ2n) is 1.43. The van der Waals surface area contributed by atoms with Gasteiger partial charge in [-0.25, -0.2) is 0 Å². The van der Waals surface area contributed by atoms with Crippen molar-refractivity contribution in [2.24, 2.45) is 0 Å². The maximum Gasteiger partial charge on any atom is 0.491 e. The van der Waals surface area contributed by atoms with E-state index < -0.39 is 8.69 Å². The molecule has 0 aliphatic heterocycles. The predicted molar refractivity (Wildman–Crippen MR) is 30.8 cm³/mol. The second kappa shape index (κ2) is 9.39. The molecule has 0 aromatic rings. The van der Waals surface area contributed by atoms with Gasteiger partial charge in [0.2, 0.25) is 0 Å². The van der Waals surface area contributed by atoms with Crippen LogP contribution in [0.4, 0.5) is 0 Å². The normalized spacial score (nSPS) is 8.14. The Morgan fingerprint density at radius 2 is 1.43 bits per heavy atom. The number of hydrogen-bond donors (Lipinski definition) is 1. The average molecular weight is 124 g/mol. The van der Waals surface area contributed by atoms with E-state index in [1.54, 1.807) is 0 Å². The smallest absolute Gasteiger partial charge is 0.312 e. The molecule has 3 nitrogen and oxygen atoms in total. The molecule has 1 unspecified atom stereocenters. The van der Waals surface area contributed by atoms with Crippen molar-refractivity contribution in [3.63, 3.8) is 0 Å². The van der Waals surface area contributed by atoms with Crippen LogP contribution in [0.3, 0.4) is 0 Å². The molecule has 1 atom stereocenters. The molecule has 0 aromatic heterocycles. The van der Waals surface area contributed by atoms with E-state index in [0.717, 1.165) is 0 Å². The molecular weight excluding hydrogens is 113 g/mol. The Kier molecular flexibility index (Phi) is 13.5. The van der Waals surface area contributed by atoms with Gasteiger partial charge in [0.25, 0.3) is 0 Å². The van der Waals surface area contributed by atoms with E-state index in [-0.39, 0.29) is 0 Å². The summed E-state index contributed by atoms with van der Waals surface area (Å²) in [7, 11) is 4.83. The minimum atomic E-state index is -1.17. The molecule has 0 saturated carbocycles. The lowest BCUT2D eigenvalue weighted by Crippen LogP contribution is -1.99. The third kappa shape index (κ3) is 243000. The molecule has 0 aliphatic carbocycles. The second-order valence-corrected chi connectivity index (χ2v) is 1.62. The lowest BCUT2D eigenvalue weighted by Gasteiger charge is -1.90. The van der Waals surface area contributed by atoms with Crippen LogP contribution in [0.1, 0.15) is 0 Å². The Morgan fingerprint density at radius 3 is 1.43 bits per heavy atom. The van der Waals surface area contributed by atoms with Gasteiger partial charge >= 0.3 is 8.69 Å². The highest BCUT2D eigenvalue weighted by molar-refractivity contribution is 7.16. The van der Waals surface area contributed by atoms with Crippen LogP contribution in [0.2, 0.25) is 0 Å². The SMILES string of the molecule is CN(C)C.O=[PH+]O. The van der Waals surface area contributed by atoms with Crippen LogP contribution in [-0.2, 0) is 4.57 Å². The van der Waals surface area contributed by atoms with Crippen LogP contribution >= 0.6 is 8.69 Å². The highest BCUT2D eigenvalue weighted by Crippen LogP contribution is 1.66. The lowest BCUT2D eigenvalue weighted by molar-refractivity contribution is 0.505. The van der Waals surface area contributed by atoms with Crippen LogP contribution in [0, 0.1) is 0 Å². The highest BCUT2D eigenvalue weighted by atomic mass is 31.1. The fourth-order valence-corrected chi connectivity index (χ4v) is 0. The first-order chi connectivity index (χ1) is 3.15. The van der Waals surface area contributed by atoms with Gasteiger partial charge in [0, 0.05) is 0 Å². The van der Waals surface area contributed by atoms with Gasteiger partial charge in [0.15, 0.2) is 0 Å². The van der Waals surface area contributed by atoms with Crippen LogP contribution < -0.4 is 0 Å². The van der Waals surface area contributed by atoms with Gasteiger partial charge < -0.3 is 4.90 Å². The topological polar surface area (TPSA) is 40.5 Å². The van der Waals surface area contributed by atoms with Gasteiger partial charge in [0.05, 0.1) is 0 Å². The van der Waals surface area contributed by atoms with Gasteiger partial charge in [-0.15, -0.1) is 0 Å². The van der Waals surface area contributed by atoms with Crippen molar-refractivity contribution in [1.29, 1.82) is 0 Å². The summed E-state index contributed by atoms with van der Waals surface area (Å²) in [5.41, 5.74) is 0. The van der Waals surface area contributed by atoms with Crippen LogP contribution in [0.15, 0.2) is 0 Å². The third-order valence-electron chi connectivity index (χ3n) is 0. The fourth-order valence-electron chi connectivity index (χ4n) is 0. The Hall–Kier alpha value is 0.0200. The summed E-state index contributed by atoms with van der Waals surface area (Å²) in [4.78, 5) is 9.04. The van der Waals surface area contributed by atoms with Gasteiger partial charge in [-0.3, -0.25) is 0 Å². The molecule has 0 heterocycles. The van der Waals surface area contributed by atoms with E-state index in [2.05, 4.69) is 0 Å². The summed E-state index contributed by atoms with van der Waals surface area (Å²) in [6.07, 6.45) is 0. The van der Waals surface area contributed by atoms with E-state index in [0.29, 0.717) is 0 Å². The van der Waals surface area contributed by atoms with Gasteiger partial charge in [-0.2, -0.15) is 4.89 Å². The number of rotatable bonds is 0. The molecule has 0 amide bonds. The molecule has 0 saturated heterocycles. The third-order valence-corrected chi connectivity index (χ3v) is 0. The zero-order chi connectivity index (χ0) is 6.28. The molecule has 0 rings (SSSR count). The largest absolute Gasteiger partial charge is 0.491 e. The zero-order valence-electron chi connectivity index (χ0n) is 4.80. The highest BCUT2D eigenvalue weighted by Gasteiger charge is 1.58. The van der Waals surface area contributed by atoms with Crippen LogP contribution in [0.25, 0.3) is 0 Å². The summed E-state index contributed by atoms with van der Waals surface area (Å²) < 4.78 is 8.51. The van der Waals surface area contributed by atoms with E-state index in [1.807, 2.05) is 26.0 Å². The maximum atomic E-state index is 8.51. The Labute approximate surface area is 45.2 Å². The number of hydrogen-bond acceptors (Lipinski definition) is 2. The van der Waals surface area contributed by atoms with Gasteiger partial charge in [0.1, 0.15) is 0 Å². The minimum absolute atomic E-state index is 1.17. The predicted octanol–water partition coefficient (Wildman–Crippen LogP) is 0.0955. The monoisotopic (exact) mass is 124 g/mol. The fraction of sp³-hybridized carbons (Fsp3) is 1.00. The number of nitrogens with zero attached hydrogens (tertiary/aromatic N) is 1. The van der Waals surface area contributed by atoms with Crippen LogP contribution in [0.5, 0.6) is 0 Å². The van der Waals surface area contributed by atoms with E-state index in [9.17, 15) is 0 Å². The summed E-state index contributed by atoms with van der Waals surface area (Å²) >= 11 is 0. The Balaban J connectivity index is 0. The van der Waals surface area contributed by atoms with Crippen LogP contribution in [-0.4, -0.2) is 30.9 Å². The van der Waals surface area contributed by atoms with E-state index in [1.165, 1.54) is 0 Å². The van der Waals surface area contributed by atoms with Crippen molar-refractivity contribution < 1.29 is 9.46 Å². The molecule has 0 bridgehead atoms. The van der Waals surface area contributed by atoms with Crippen molar-refractivity contribution in [3.8, 4) is 0 Å². The maximum absolute atomic E-state index is 8.51. The van der Waals surface area contributed by atoms with E-state index in [4.69, 9.17) is 9.46 Å². The van der Waals surface area contributed by atoms with E-state index >= 15 is 0 Å². The Morgan fingerprint density at radius 1 is 1.43 bits per heavy atom. The first-order valence-corrected chi connectivity index (χ1v) is 2.62.